The molecule has 0 spiro atoms. The molecule has 0 saturated heterocycles. The number of benzene rings is 1. The first-order valence-corrected chi connectivity index (χ1v) is 7.17. The second kappa shape index (κ2) is 5.74. The Morgan fingerprint density at radius 3 is 2.72 bits per heavy atom. The van der Waals surface area contributed by atoms with E-state index in [1.54, 1.807) is 0 Å². The van der Waals surface area contributed by atoms with Crippen LogP contribution in [0, 0.1) is 5.92 Å². The largest absolute Gasteiger partial charge is 0.370 e. The minimum absolute atomic E-state index is 0.446. The number of aliphatic imine (C=N–C) groups is 1. The summed E-state index contributed by atoms with van der Waals surface area (Å²) in [5.41, 5.74) is 7.23. The van der Waals surface area contributed by atoms with Crippen molar-refractivity contribution in [1.29, 1.82) is 0 Å². The van der Waals surface area contributed by atoms with Gasteiger partial charge in [-0.2, -0.15) is 0 Å². The van der Waals surface area contributed by atoms with E-state index in [9.17, 15) is 0 Å². The summed E-state index contributed by atoms with van der Waals surface area (Å²) in [5, 5.41) is 3.29. The summed E-state index contributed by atoms with van der Waals surface area (Å²) in [5.74, 6) is 1.70. The third-order valence-electron chi connectivity index (χ3n) is 3.05. The third-order valence-corrected chi connectivity index (χ3v) is 3.58. The first kappa shape index (κ1) is 13.4. The number of nitrogens with one attached hydrogen (secondary N) is 1. The van der Waals surface area contributed by atoms with E-state index in [-0.39, 0.29) is 0 Å². The van der Waals surface area contributed by atoms with Gasteiger partial charge in [-0.15, -0.1) is 0 Å². The number of rotatable bonds is 4. The number of nitrogens with two attached hydrogens (primary N) is 1. The maximum Gasteiger partial charge on any atom is 0.188 e. The van der Waals surface area contributed by atoms with Gasteiger partial charge < -0.3 is 11.1 Å². The van der Waals surface area contributed by atoms with Crippen LogP contribution in [0.4, 0.5) is 0 Å². The van der Waals surface area contributed by atoms with E-state index in [1.165, 1.54) is 5.56 Å². The van der Waals surface area contributed by atoms with Crippen LogP contribution in [-0.2, 0) is 0 Å². The molecule has 1 fully saturated rings. The molecular weight excluding hydrogens is 290 g/mol. The molecule has 0 aliphatic heterocycles. The van der Waals surface area contributed by atoms with E-state index in [0.29, 0.717) is 23.8 Å². The second-order valence-corrected chi connectivity index (χ2v) is 6.18. The molecule has 4 heteroatoms. The lowest BCUT2D eigenvalue weighted by atomic mass is 10.1. The Hall–Kier alpha value is -1.03. The quantitative estimate of drug-likeness (QED) is 0.664. The maximum atomic E-state index is 5.86. The van der Waals surface area contributed by atoms with Gasteiger partial charge in [0.1, 0.15) is 0 Å². The molecule has 3 nitrogen and oxygen atoms in total. The van der Waals surface area contributed by atoms with Crippen LogP contribution in [0.5, 0.6) is 0 Å². The molecule has 0 amide bonds. The van der Waals surface area contributed by atoms with Crippen molar-refractivity contribution in [3.05, 3.63) is 34.3 Å². The van der Waals surface area contributed by atoms with Gasteiger partial charge in [-0.3, -0.25) is 4.99 Å². The van der Waals surface area contributed by atoms with Gasteiger partial charge in [-0.1, -0.05) is 41.9 Å². The van der Waals surface area contributed by atoms with Crippen LogP contribution in [0.3, 0.4) is 0 Å². The van der Waals surface area contributed by atoms with Crippen molar-refractivity contribution in [1.82, 2.24) is 5.32 Å². The van der Waals surface area contributed by atoms with E-state index in [4.69, 9.17) is 5.73 Å². The Morgan fingerprint density at radius 1 is 1.44 bits per heavy atom. The Bertz CT molecular complexity index is 425. The van der Waals surface area contributed by atoms with E-state index < -0.39 is 0 Å². The molecule has 0 aromatic heterocycles. The zero-order valence-electron chi connectivity index (χ0n) is 10.9. The number of halogens is 1. The monoisotopic (exact) mass is 309 g/mol. The summed E-state index contributed by atoms with van der Waals surface area (Å²) in [6.45, 7) is 5.06. The van der Waals surface area contributed by atoms with Crippen LogP contribution in [-0.4, -0.2) is 18.5 Å². The van der Waals surface area contributed by atoms with Gasteiger partial charge in [0.05, 0.1) is 0 Å². The van der Waals surface area contributed by atoms with E-state index >= 15 is 0 Å². The van der Waals surface area contributed by atoms with Gasteiger partial charge in [0, 0.05) is 23.0 Å². The molecule has 2 atom stereocenters. The highest BCUT2D eigenvalue weighted by molar-refractivity contribution is 9.10. The number of hydrogen-bond acceptors (Lipinski definition) is 1. The van der Waals surface area contributed by atoms with Crippen LogP contribution in [0.1, 0.15) is 31.7 Å². The average molecular weight is 310 g/mol. The molecule has 98 valence electrons. The van der Waals surface area contributed by atoms with Gasteiger partial charge >= 0.3 is 0 Å². The molecule has 3 N–H and O–H groups in total. The van der Waals surface area contributed by atoms with Crippen molar-refractivity contribution in [3.63, 3.8) is 0 Å². The zero-order chi connectivity index (χ0) is 13.1. The fourth-order valence-electron chi connectivity index (χ4n) is 1.95. The molecule has 18 heavy (non-hydrogen) atoms. The summed E-state index contributed by atoms with van der Waals surface area (Å²) in [4.78, 5) is 4.32. The zero-order valence-corrected chi connectivity index (χ0v) is 12.4. The second-order valence-electron chi connectivity index (χ2n) is 5.26. The average Bonchev–Trinajstić information content (AvgIpc) is 3.07. The highest BCUT2D eigenvalue weighted by Gasteiger charge is 2.38. The van der Waals surface area contributed by atoms with Crippen LogP contribution in [0.25, 0.3) is 0 Å². The molecule has 1 aliphatic carbocycles. The molecule has 0 heterocycles. The molecule has 1 aromatic rings. The molecule has 0 unspecified atom stereocenters. The maximum absolute atomic E-state index is 5.86. The Kier molecular flexibility index (Phi) is 4.27. The lowest BCUT2D eigenvalue weighted by Gasteiger charge is -2.06. The van der Waals surface area contributed by atoms with Crippen molar-refractivity contribution in [3.8, 4) is 0 Å². The highest BCUT2D eigenvalue weighted by Crippen LogP contribution is 2.40. The van der Waals surface area contributed by atoms with Crippen molar-refractivity contribution in [2.75, 3.05) is 6.54 Å². The van der Waals surface area contributed by atoms with Crippen LogP contribution in [0.2, 0.25) is 0 Å². The number of hydrogen-bond donors (Lipinski definition) is 2. The molecule has 1 aliphatic rings. The fraction of sp³-hybridized carbons (Fsp3) is 0.500. The first-order chi connectivity index (χ1) is 8.56. The minimum Gasteiger partial charge on any atom is -0.370 e. The predicted molar refractivity (Wildman–Crippen MR) is 79.8 cm³/mol. The lowest BCUT2D eigenvalue weighted by molar-refractivity contribution is 0.660. The fourth-order valence-corrected chi connectivity index (χ4v) is 2.21. The Labute approximate surface area is 117 Å². The molecule has 1 aromatic carbocycles. The van der Waals surface area contributed by atoms with Crippen molar-refractivity contribution in [2.24, 2.45) is 16.6 Å². The molecule has 1 saturated carbocycles. The Balaban J connectivity index is 1.84. The van der Waals surface area contributed by atoms with Gasteiger partial charge in [0.15, 0.2) is 5.96 Å². The van der Waals surface area contributed by atoms with Crippen LogP contribution in [0.15, 0.2) is 33.7 Å². The van der Waals surface area contributed by atoms with Crippen molar-refractivity contribution < 1.29 is 0 Å². The molecular formula is C14H20BrN3. The summed E-state index contributed by atoms with van der Waals surface area (Å²) in [6.07, 6.45) is 1.14. The van der Waals surface area contributed by atoms with Gasteiger partial charge in [-0.05, 0) is 30.0 Å². The van der Waals surface area contributed by atoms with E-state index in [2.05, 4.69) is 64.4 Å². The normalized spacial score (nSPS) is 23.2. The van der Waals surface area contributed by atoms with Crippen molar-refractivity contribution >= 4 is 21.9 Å². The summed E-state index contributed by atoms with van der Waals surface area (Å²) in [6, 6.07) is 8.94. The summed E-state index contributed by atoms with van der Waals surface area (Å²) in [7, 11) is 0. The van der Waals surface area contributed by atoms with Crippen molar-refractivity contribution in [2.45, 2.75) is 32.2 Å². The summed E-state index contributed by atoms with van der Waals surface area (Å²) >= 11 is 3.45. The van der Waals surface area contributed by atoms with Gasteiger partial charge in [-0.25, -0.2) is 0 Å². The van der Waals surface area contributed by atoms with Gasteiger partial charge in [0.25, 0.3) is 0 Å². The highest BCUT2D eigenvalue weighted by atomic mass is 79.9. The SMILES string of the molecule is CC(C)CN=C(N)N[C@@H]1C[C@H]1c1ccc(Br)cc1. The van der Waals surface area contributed by atoms with E-state index in [1.807, 2.05) is 0 Å². The first-order valence-electron chi connectivity index (χ1n) is 6.38. The summed E-state index contributed by atoms with van der Waals surface area (Å²) < 4.78 is 1.12. The predicted octanol–water partition coefficient (Wildman–Crippen LogP) is 2.87. The third kappa shape index (κ3) is 3.73. The molecule has 2 rings (SSSR count). The van der Waals surface area contributed by atoms with Crippen LogP contribution < -0.4 is 11.1 Å². The number of guanidine groups is 1. The van der Waals surface area contributed by atoms with E-state index in [0.717, 1.165) is 17.4 Å². The van der Waals surface area contributed by atoms with Crippen LogP contribution >= 0.6 is 15.9 Å². The minimum atomic E-state index is 0.446. The van der Waals surface area contributed by atoms with Gasteiger partial charge in [0.2, 0.25) is 0 Å². The molecule has 0 radical (unpaired) electrons. The standard InChI is InChI=1S/C14H20BrN3/c1-9(2)8-17-14(16)18-13-7-12(13)10-3-5-11(15)6-4-10/h3-6,9,12-13H,7-8H2,1-2H3,(H3,16,17,18)/t12-,13+/m0/s1. The topological polar surface area (TPSA) is 50.4 Å². The Morgan fingerprint density at radius 2 is 2.11 bits per heavy atom. The molecule has 0 bridgehead atoms. The smallest absolute Gasteiger partial charge is 0.188 e. The number of nitrogens with zero attached hydrogens (tertiary/aromatic N) is 1. The lowest BCUT2D eigenvalue weighted by Crippen LogP contribution is -2.34.